The van der Waals surface area contributed by atoms with Crippen LogP contribution >= 0.6 is 35.3 Å². The number of benzene rings is 1. The molecule has 2 nitrogen and oxygen atoms in total. The first-order valence-electron chi connectivity index (χ1n) is 4.99. The maximum absolute atomic E-state index is 4.99. The van der Waals surface area contributed by atoms with E-state index in [2.05, 4.69) is 41.4 Å². The van der Waals surface area contributed by atoms with Crippen LogP contribution < -0.4 is 0 Å². The van der Waals surface area contributed by atoms with Crippen LogP contribution in [0.5, 0.6) is 0 Å². The summed E-state index contributed by atoms with van der Waals surface area (Å²) in [6.07, 6.45) is 0. The summed E-state index contributed by atoms with van der Waals surface area (Å²) in [5.41, 5.74) is 1.37. The molecular weight excluding hydrogens is 256 g/mol. The molecule has 0 radical (unpaired) electrons. The van der Waals surface area contributed by atoms with Gasteiger partial charge in [0.05, 0.1) is 0 Å². The highest BCUT2D eigenvalue weighted by molar-refractivity contribution is 8.01. The summed E-state index contributed by atoms with van der Waals surface area (Å²) in [6, 6.07) is 10.5. The van der Waals surface area contributed by atoms with Crippen LogP contribution in [0.3, 0.4) is 0 Å². The van der Waals surface area contributed by atoms with Gasteiger partial charge in [0.2, 0.25) is 0 Å². The van der Waals surface area contributed by atoms with E-state index >= 15 is 0 Å². The lowest BCUT2D eigenvalue weighted by atomic mass is 10.0. The minimum absolute atomic E-state index is 0.531. The number of hydrogen-bond donors (Lipinski definition) is 1. The zero-order chi connectivity index (χ0) is 11.4. The summed E-state index contributed by atoms with van der Waals surface area (Å²) < 4.78 is 1.77. The normalized spacial score (nSPS) is 12.6. The van der Waals surface area contributed by atoms with Gasteiger partial charge in [0.1, 0.15) is 0 Å². The molecule has 5 heteroatoms. The van der Waals surface area contributed by atoms with Gasteiger partial charge in [0, 0.05) is 5.75 Å². The Balaban J connectivity index is 1.94. The van der Waals surface area contributed by atoms with Crippen molar-refractivity contribution in [2.45, 2.75) is 17.2 Å². The van der Waals surface area contributed by atoms with E-state index in [1.54, 1.807) is 11.8 Å². The molecule has 1 aromatic heterocycles. The lowest BCUT2D eigenvalue weighted by Gasteiger charge is -2.09. The molecule has 0 amide bonds. The van der Waals surface area contributed by atoms with Crippen LogP contribution in [-0.2, 0) is 0 Å². The Kier molecular flexibility index (Phi) is 4.15. The van der Waals surface area contributed by atoms with Crippen LogP contribution in [0.15, 0.2) is 34.7 Å². The van der Waals surface area contributed by atoms with Gasteiger partial charge < -0.3 is 0 Å². The molecule has 2 aromatic rings. The highest BCUT2D eigenvalue weighted by Gasteiger charge is 2.07. The minimum Gasteiger partial charge on any atom is -0.257 e. The third-order valence-corrected chi connectivity index (χ3v) is 4.74. The Labute approximate surface area is 108 Å². The van der Waals surface area contributed by atoms with E-state index in [0.717, 1.165) is 14.0 Å². The predicted octanol–water partition coefficient (Wildman–Crippen LogP) is 4.10. The summed E-state index contributed by atoms with van der Waals surface area (Å²) in [4.78, 5) is 0. The molecule has 0 fully saturated rings. The molecule has 0 aliphatic carbocycles. The molecule has 0 saturated carbocycles. The zero-order valence-corrected chi connectivity index (χ0v) is 11.3. The van der Waals surface area contributed by atoms with E-state index in [1.165, 1.54) is 16.9 Å². The number of thioether (sulfide) groups is 1. The number of H-pyrrole nitrogens is 1. The van der Waals surface area contributed by atoms with Gasteiger partial charge in [-0.3, -0.25) is 5.10 Å². The smallest absolute Gasteiger partial charge is 0.177 e. The summed E-state index contributed by atoms with van der Waals surface area (Å²) in [5.74, 6) is 1.56. The summed E-state index contributed by atoms with van der Waals surface area (Å²) in [7, 11) is 0. The van der Waals surface area contributed by atoms with E-state index in [-0.39, 0.29) is 0 Å². The van der Waals surface area contributed by atoms with Gasteiger partial charge in [-0.15, -0.1) is 0 Å². The molecule has 0 saturated heterocycles. The number of rotatable bonds is 4. The molecule has 16 heavy (non-hydrogen) atoms. The second-order valence-electron chi connectivity index (χ2n) is 3.50. The predicted molar refractivity (Wildman–Crippen MR) is 72.9 cm³/mol. The lowest BCUT2D eigenvalue weighted by Crippen LogP contribution is -1.95. The lowest BCUT2D eigenvalue weighted by molar-refractivity contribution is 0.878. The minimum atomic E-state index is 0.531. The van der Waals surface area contributed by atoms with Crippen molar-refractivity contribution in [2.75, 3.05) is 5.75 Å². The van der Waals surface area contributed by atoms with Crippen LogP contribution in [0, 0.1) is 3.95 Å². The van der Waals surface area contributed by atoms with Crippen molar-refractivity contribution in [3.8, 4) is 0 Å². The average molecular weight is 268 g/mol. The SMILES string of the molecule is CC(CSc1n[nH]c(=S)s1)c1ccccc1. The highest BCUT2D eigenvalue weighted by atomic mass is 32.2. The quantitative estimate of drug-likeness (QED) is 0.668. The van der Waals surface area contributed by atoms with Gasteiger partial charge in [-0.05, 0) is 23.7 Å². The van der Waals surface area contributed by atoms with Crippen LogP contribution in [0.4, 0.5) is 0 Å². The van der Waals surface area contributed by atoms with E-state index in [0.29, 0.717) is 5.92 Å². The van der Waals surface area contributed by atoms with Crippen molar-refractivity contribution in [2.24, 2.45) is 0 Å². The van der Waals surface area contributed by atoms with Crippen LogP contribution in [0.2, 0.25) is 0 Å². The molecule has 1 atom stereocenters. The topological polar surface area (TPSA) is 28.7 Å². The molecule has 1 N–H and O–H groups in total. The molecule has 0 aliphatic heterocycles. The summed E-state index contributed by atoms with van der Waals surface area (Å²) in [5, 5.41) is 6.93. The van der Waals surface area contributed by atoms with E-state index < -0.39 is 0 Å². The molecule has 0 spiro atoms. The van der Waals surface area contributed by atoms with E-state index in [1.807, 2.05) is 6.07 Å². The van der Waals surface area contributed by atoms with Crippen LogP contribution in [-0.4, -0.2) is 16.0 Å². The van der Waals surface area contributed by atoms with E-state index in [4.69, 9.17) is 12.2 Å². The fraction of sp³-hybridized carbons (Fsp3) is 0.273. The second kappa shape index (κ2) is 5.61. The molecule has 1 heterocycles. The molecule has 2 rings (SSSR count). The van der Waals surface area contributed by atoms with Crippen LogP contribution in [0.1, 0.15) is 18.4 Å². The van der Waals surface area contributed by atoms with Gasteiger partial charge >= 0.3 is 0 Å². The first-order valence-corrected chi connectivity index (χ1v) is 7.20. The number of nitrogens with zero attached hydrogens (tertiary/aromatic N) is 1. The number of aromatic amines is 1. The van der Waals surface area contributed by atoms with Crippen molar-refractivity contribution in [1.29, 1.82) is 0 Å². The number of hydrogen-bond acceptors (Lipinski definition) is 4. The standard InChI is InChI=1S/C11H12N2S3/c1-8(9-5-3-2-4-6-9)7-15-11-13-12-10(14)16-11/h2-6,8H,7H2,1H3,(H,12,14). The third-order valence-electron chi connectivity index (χ3n) is 2.24. The summed E-state index contributed by atoms with van der Waals surface area (Å²) in [6.45, 7) is 2.23. The van der Waals surface area contributed by atoms with Gasteiger partial charge in [0.15, 0.2) is 8.29 Å². The fourth-order valence-corrected chi connectivity index (χ4v) is 3.52. The Hall–Kier alpha value is -0.650. The van der Waals surface area contributed by atoms with E-state index in [9.17, 15) is 0 Å². The Morgan fingerprint density at radius 3 is 2.81 bits per heavy atom. The van der Waals surface area contributed by atoms with Gasteiger partial charge in [0.25, 0.3) is 0 Å². The Morgan fingerprint density at radius 1 is 1.44 bits per heavy atom. The molecule has 84 valence electrons. The van der Waals surface area contributed by atoms with Gasteiger partial charge in [-0.1, -0.05) is 60.4 Å². The molecule has 0 aliphatic rings. The fourth-order valence-electron chi connectivity index (χ4n) is 1.35. The Morgan fingerprint density at radius 2 is 2.19 bits per heavy atom. The number of nitrogens with one attached hydrogen (secondary N) is 1. The first-order chi connectivity index (χ1) is 7.75. The highest BCUT2D eigenvalue weighted by Crippen LogP contribution is 2.26. The Bertz CT molecular complexity index is 489. The average Bonchev–Trinajstić information content (AvgIpc) is 2.73. The van der Waals surface area contributed by atoms with Crippen molar-refractivity contribution >= 4 is 35.3 Å². The largest absolute Gasteiger partial charge is 0.257 e. The van der Waals surface area contributed by atoms with Crippen LogP contribution in [0.25, 0.3) is 0 Å². The second-order valence-corrected chi connectivity index (χ2v) is 6.43. The third kappa shape index (κ3) is 3.17. The molecule has 1 aromatic carbocycles. The monoisotopic (exact) mass is 268 g/mol. The maximum atomic E-state index is 4.99. The van der Waals surface area contributed by atoms with Gasteiger partial charge in [-0.25, -0.2) is 0 Å². The maximum Gasteiger partial charge on any atom is 0.177 e. The number of aromatic nitrogens is 2. The van der Waals surface area contributed by atoms with Crippen molar-refractivity contribution < 1.29 is 0 Å². The van der Waals surface area contributed by atoms with Gasteiger partial charge in [-0.2, -0.15) is 5.10 Å². The summed E-state index contributed by atoms with van der Waals surface area (Å²) >= 11 is 8.28. The molecule has 1 unspecified atom stereocenters. The molecular formula is C11H12N2S3. The van der Waals surface area contributed by atoms with Crippen molar-refractivity contribution in [1.82, 2.24) is 10.2 Å². The van der Waals surface area contributed by atoms with Crippen molar-refractivity contribution in [3.05, 3.63) is 39.8 Å². The van der Waals surface area contributed by atoms with Crippen molar-refractivity contribution in [3.63, 3.8) is 0 Å². The zero-order valence-electron chi connectivity index (χ0n) is 8.84. The first kappa shape index (κ1) is 11.8. The molecule has 0 bridgehead atoms.